The molecule has 1 amide bonds. The highest BCUT2D eigenvalue weighted by Gasteiger charge is 2.34. The van der Waals surface area contributed by atoms with Crippen molar-refractivity contribution in [1.82, 2.24) is 4.98 Å². The quantitative estimate of drug-likeness (QED) is 0.565. The minimum absolute atomic E-state index is 0.0551. The summed E-state index contributed by atoms with van der Waals surface area (Å²) >= 11 is 1.19. The molecule has 0 saturated carbocycles. The zero-order valence-corrected chi connectivity index (χ0v) is 19.6. The highest BCUT2D eigenvalue weighted by Crippen LogP contribution is 2.38. The first kappa shape index (κ1) is 22.2. The molecule has 2 aromatic carbocycles. The van der Waals surface area contributed by atoms with Crippen molar-refractivity contribution in [3.05, 3.63) is 70.2 Å². The van der Waals surface area contributed by atoms with Crippen LogP contribution in [0.1, 0.15) is 51.6 Å². The molecule has 1 heterocycles. The van der Waals surface area contributed by atoms with Crippen molar-refractivity contribution >= 4 is 43.9 Å². The maximum Gasteiger partial charge on any atom is 0.261 e. The van der Waals surface area contributed by atoms with Gasteiger partial charge in [0, 0.05) is 17.7 Å². The van der Waals surface area contributed by atoms with Gasteiger partial charge < -0.3 is 0 Å². The molecule has 7 nitrogen and oxygen atoms in total. The molecule has 1 aromatic heterocycles. The molecule has 0 unspecified atom stereocenters. The van der Waals surface area contributed by atoms with E-state index >= 15 is 0 Å². The van der Waals surface area contributed by atoms with Crippen LogP contribution in [0.4, 0.5) is 10.8 Å². The van der Waals surface area contributed by atoms with Gasteiger partial charge in [-0.05, 0) is 55.2 Å². The minimum atomic E-state index is -3.72. The lowest BCUT2D eigenvalue weighted by molar-refractivity contribution is 0.0915. The molecule has 9 heteroatoms. The van der Waals surface area contributed by atoms with Crippen molar-refractivity contribution in [2.75, 3.05) is 10.0 Å². The number of rotatable bonds is 5. The van der Waals surface area contributed by atoms with Crippen LogP contribution >= 0.6 is 11.3 Å². The number of Topliss-reactive ketones (excluding diaryl/α,β-unsaturated/α-hetero) is 1. The van der Waals surface area contributed by atoms with Gasteiger partial charge in [-0.1, -0.05) is 42.9 Å². The number of carbonyl (C=O) groups is 2. The van der Waals surface area contributed by atoms with Crippen LogP contribution in [0.25, 0.3) is 0 Å². The van der Waals surface area contributed by atoms with Crippen LogP contribution < -0.4 is 10.0 Å². The fraction of sp³-hybridized carbons (Fsp3) is 0.261. The monoisotopic (exact) mass is 469 g/mol. The molecule has 1 aliphatic carbocycles. The summed E-state index contributed by atoms with van der Waals surface area (Å²) in [5.41, 5.74) is 2.25. The standard InChI is InChI=1S/C23H23N3O4S2/c1-14-4-10-17(11-5-14)32(29,30)26-16-8-6-15(7-9-16)21(28)25-22-24-18-12-23(2,3)13-19(27)20(18)31-22/h4-11,26H,12-13H2,1-3H3,(H,24,25,28). The Morgan fingerprint density at radius 1 is 1.03 bits per heavy atom. The van der Waals surface area contributed by atoms with Gasteiger partial charge in [0.25, 0.3) is 15.9 Å². The molecule has 0 saturated heterocycles. The van der Waals surface area contributed by atoms with Crippen molar-refractivity contribution in [2.24, 2.45) is 5.41 Å². The van der Waals surface area contributed by atoms with E-state index in [1.54, 1.807) is 24.3 Å². The van der Waals surface area contributed by atoms with Crippen LogP contribution in [0.2, 0.25) is 0 Å². The first-order valence-electron chi connectivity index (χ1n) is 10.1. The molecule has 0 radical (unpaired) electrons. The summed E-state index contributed by atoms with van der Waals surface area (Å²) < 4.78 is 27.5. The van der Waals surface area contributed by atoms with E-state index in [1.165, 1.54) is 35.6 Å². The second-order valence-corrected chi connectivity index (χ2v) is 11.4. The lowest BCUT2D eigenvalue weighted by Gasteiger charge is -2.26. The van der Waals surface area contributed by atoms with Crippen LogP contribution in [0.15, 0.2) is 53.4 Å². The molecule has 0 bridgehead atoms. The highest BCUT2D eigenvalue weighted by molar-refractivity contribution is 7.92. The Bertz CT molecular complexity index is 1290. The molecule has 0 fully saturated rings. The maximum atomic E-state index is 12.6. The number of fused-ring (bicyclic) bond motifs is 1. The minimum Gasteiger partial charge on any atom is -0.298 e. The third-order valence-corrected chi connectivity index (χ3v) is 7.64. The Kier molecular flexibility index (Phi) is 5.64. The molecule has 0 aliphatic heterocycles. The highest BCUT2D eigenvalue weighted by atomic mass is 32.2. The van der Waals surface area contributed by atoms with Crippen molar-refractivity contribution in [3.8, 4) is 0 Å². The number of amides is 1. The van der Waals surface area contributed by atoms with Gasteiger partial charge in [-0.25, -0.2) is 13.4 Å². The largest absolute Gasteiger partial charge is 0.298 e. The zero-order chi connectivity index (χ0) is 23.1. The molecule has 32 heavy (non-hydrogen) atoms. The lowest BCUT2D eigenvalue weighted by Crippen LogP contribution is -2.26. The van der Waals surface area contributed by atoms with Crippen LogP contribution in [0.3, 0.4) is 0 Å². The number of aryl methyl sites for hydroxylation is 1. The van der Waals surface area contributed by atoms with Gasteiger partial charge in [0.2, 0.25) is 0 Å². The smallest absolute Gasteiger partial charge is 0.261 e. The Balaban J connectivity index is 1.45. The Labute approximate surface area is 191 Å². The predicted octanol–water partition coefficient (Wildman–Crippen LogP) is 4.66. The van der Waals surface area contributed by atoms with E-state index in [-0.39, 0.29) is 22.0 Å². The lowest BCUT2D eigenvalue weighted by atomic mass is 9.78. The third-order valence-electron chi connectivity index (χ3n) is 5.19. The summed E-state index contributed by atoms with van der Waals surface area (Å²) in [6.45, 7) is 5.94. The van der Waals surface area contributed by atoms with Crippen LogP contribution in [-0.2, 0) is 16.4 Å². The van der Waals surface area contributed by atoms with Gasteiger partial charge in [0.05, 0.1) is 15.5 Å². The number of sulfonamides is 1. The molecular formula is C23H23N3O4S2. The van der Waals surface area contributed by atoms with Crippen molar-refractivity contribution in [3.63, 3.8) is 0 Å². The number of hydrogen-bond acceptors (Lipinski definition) is 6. The van der Waals surface area contributed by atoms with Gasteiger partial charge in [0.15, 0.2) is 10.9 Å². The molecule has 2 N–H and O–H groups in total. The number of aromatic nitrogens is 1. The number of hydrogen-bond donors (Lipinski definition) is 2. The molecule has 166 valence electrons. The number of ketones is 1. The topological polar surface area (TPSA) is 105 Å². The molecule has 0 spiro atoms. The van der Waals surface area contributed by atoms with E-state index in [9.17, 15) is 18.0 Å². The molecule has 1 aliphatic rings. The van der Waals surface area contributed by atoms with Gasteiger partial charge >= 0.3 is 0 Å². The Hall–Kier alpha value is -3.04. The third kappa shape index (κ3) is 4.73. The van der Waals surface area contributed by atoms with Crippen LogP contribution in [-0.4, -0.2) is 25.1 Å². The zero-order valence-electron chi connectivity index (χ0n) is 17.9. The molecular weight excluding hydrogens is 446 g/mol. The van der Waals surface area contributed by atoms with Crippen molar-refractivity contribution < 1.29 is 18.0 Å². The van der Waals surface area contributed by atoms with E-state index in [0.717, 1.165) is 11.3 Å². The van der Waals surface area contributed by atoms with Crippen molar-refractivity contribution in [2.45, 2.75) is 38.5 Å². The number of nitrogens with one attached hydrogen (secondary N) is 2. The van der Waals surface area contributed by atoms with Gasteiger partial charge in [-0.2, -0.15) is 0 Å². The average molecular weight is 470 g/mol. The van der Waals surface area contributed by atoms with Gasteiger partial charge in [-0.15, -0.1) is 0 Å². The molecule has 4 rings (SSSR count). The molecule has 0 atom stereocenters. The summed E-state index contributed by atoms with van der Waals surface area (Å²) in [5, 5.41) is 3.12. The van der Waals surface area contributed by atoms with E-state index in [2.05, 4.69) is 15.0 Å². The summed E-state index contributed by atoms with van der Waals surface area (Å²) in [5.74, 6) is -0.324. The van der Waals surface area contributed by atoms with E-state index in [4.69, 9.17) is 0 Å². The van der Waals surface area contributed by atoms with Gasteiger partial charge in [0.1, 0.15) is 0 Å². The van der Waals surface area contributed by atoms with E-state index in [0.29, 0.717) is 34.1 Å². The number of anilines is 2. The second-order valence-electron chi connectivity index (χ2n) is 8.69. The van der Waals surface area contributed by atoms with E-state index < -0.39 is 10.0 Å². The SMILES string of the molecule is Cc1ccc(S(=O)(=O)Nc2ccc(C(=O)Nc3nc4c(s3)C(=O)CC(C)(C)C4)cc2)cc1. The van der Waals surface area contributed by atoms with Gasteiger partial charge in [-0.3, -0.25) is 19.6 Å². The number of benzene rings is 2. The van der Waals surface area contributed by atoms with Crippen LogP contribution in [0, 0.1) is 12.3 Å². The van der Waals surface area contributed by atoms with Crippen LogP contribution in [0.5, 0.6) is 0 Å². The second kappa shape index (κ2) is 8.14. The molecule has 3 aromatic rings. The first-order chi connectivity index (χ1) is 15.0. The fourth-order valence-corrected chi connectivity index (χ4v) is 5.54. The number of thiazole rings is 1. The Morgan fingerprint density at radius 2 is 1.69 bits per heavy atom. The summed E-state index contributed by atoms with van der Waals surface area (Å²) in [7, 11) is -3.72. The number of nitrogens with zero attached hydrogens (tertiary/aromatic N) is 1. The van der Waals surface area contributed by atoms with Crippen molar-refractivity contribution in [1.29, 1.82) is 0 Å². The fourth-order valence-electron chi connectivity index (χ4n) is 3.56. The maximum absolute atomic E-state index is 12.6. The predicted molar refractivity (Wildman–Crippen MR) is 125 cm³/mol. The van der Waals surface area contributed by atoms with E-state index in [1.807, 2.05) is 20.8 Å². The Morgan fingerprint density at radius 3 is 2.34 bits per heavy atom. The normalized spacial score (nSPS) is 15.2. The average Bonchev–Trinajstić information content (AvgIpc) is 3.10. The number of carbonyl (C=O) groups excluding carboxylic acids is 2. The first-order valence-corrected chi connectivity index (χ1v) is 12.4. The summed E-state index contributed by atoms with van der Waals surface area (Å²) in [6, 6.07) is 12.7. The summed E-state index contributed by atoms with van der Waals surface area (Å²) in [4.78, 5) is 30.2. The summed E-state index contributed by atoms with van der Waals surface area (Å²) in [6.07, 6.45) is 1.16.